The highest BCUT2D eigenvalue weighted by atomic mass is 32.1. The second-order valence-electron chi connectivity index (χ2n) is 5.58. The molecule has 104 valence electrons. The zero-order chi connectivity index (χ0) is 14.4. The summed E-state index contributed by atoms with van der Waals surface area (Å²) in [6, 6.07) is 16.6. The van der Waals surface area contributed by atoms with Gasteiger partial charge in [0.1, 0.15) is 0 Å². The summed E-state index contributed by atoms with van der Waals surface area (Å²) in [7, 11) is 0. The third-order valence-electron chi connectivity index (χ3n) is 3.46. The van der Waals surface area contributed by atoms with E-state index in [4.69, 9.17) is 0 Å². The Morgan fingerprint density at radius 1 is 1.20 bits per heavy atom. The van der Waals surface area contributed by atoms with Gasteiger partial charge in [-0.2, -0.15) is 5.26 Å². The lowest BCUT2D eigenvalue weighted by Crippen LogP contribution is -2.34. The Hall–Kier alpha value is -1.63. The average Bonchev–Trinajstić information content (AvgIpc) is 2.99. The number of nitrogens with one attached hydrogen (secondary N) is 1. The van der Waals surface area contributed by atoms with E-state index in [1.807, 2.05) is 30.3 Å². The van der Waals surface area contributed by atoms with E-state index < -0.39 is 0 Å². The van der Waals surface area contributed by atoms with Crippen LogP contribution in [0, 0.1) is 11.3 Å². The topological polar surface area (TPSA) is 35.8 Å². The molecule has 20 heavy (non-hydrogen) atoms. The molecule has 0 aliphatic carbocycles. The van der Waals surface area contributed by atoms with Crippen molar-refractivity contribution in [2.24, 2.45) is 0 Å². The molecule has 0 radical (unpaired) electrons. The van der Waals surface area contributed by atoms with Crippen molar-refractivity contribution in [1.82, 2.24) is 5.32 Å². The van der Waals surface area contributed by atoms with Gasteiger partial charge < -0.3 is 5.32 Å². The van der Waals surface area contributed by atoms with Crippen LogP contribution in [0.3, 0.4) is 0 Å². The molecule has 0 fully saturated rings. The van der Waals surface area contributed by atoms with Crippen molar-refractivity contribution in [1.29, 1.82) is 5.26 Å². The molecule has 2 aromatic rings. The molecule has 1 heterocycles. The van der Waals surface area contributed by atoms with Crippen LogP contribution in [-0.2, 0) is 5.41 Å². The highest BCUT2D eigenvalue weighted by molar-refractivity contribution is 7.10. The van der Waals surface area contributed by atoms with E-state index in [9.17, 15) is 5.26 Å². The van der Waals surface area contributed by atoms with Gasteiger partial charge in [-0.1, -0.05) is 50.2 Å². The van der Waals surface area contributed by atoms with Crippen LogP contribution in [0.25, 0.3) is 0 Å². The number of hydrogen-bond acceptors (Lipinski definition) is 3. The molecule has 0 saturated carbocycles. The Morgan fingerprint density at radius 2 is 1.95 bits per heavy atom. The summed E-state index contributed by atoms with van der Waals surface area (Å²) in [5.41, 5.74) is 1.18. The van der Waals surface area contributed by atoms with Crippen molar-refractivity contribution in [3.8, 4) is 6.07 Å². The van der Waals surface area contributed by atoms with Crippen LogP contribution in [0.1, 0.15) is 30.2 Å². The van der Waals surface area contributed by atoms with Gasteiger partial charge in [0.15, 0.2) is 0 Å². The Morgan fingerprint density at radius 3 is 2.55 bits per heavy atom. The van der Waals surface area contributed by atoms with Gasteiger partial charge in [0.25, 0.3) is 0 Å². The molecule has 1 N–H and O–H groups in total. The second kappa shape index (κ2) is 6.69. The van der Waals surface area contributed by atoms with Crippen molar-refractivity contribution in [2.45, 2.75) is 25.2 Å². The van der Waals surface area contributed by atoms with Gasteiger partial charge in [-0.3, -0.25) is 0 Å². The van der Waals surface area contributed by atoms with Crippen LogP contribution >= 0.6 is 11.3 Å². The first kappa shape index (κ1) is 14.8. The third-order valence-corrected chi connectivity index (χ3v) is 4.70. The Kier molecular flexibility index (Phi) is 4.94. The van der Waals surface area contributed by atoms with Gasteiger partial charge in [0.2, 0.25) is 0 Å². The van der Waals surface area contributed by atoms with Crippen LogP contribution in [0.15, 0.2) is 47.8 Å². The maximum atomic E-state index is 9.30. The van der Waals surface area contributed by atoms with Crippen molar-refractivity contribution >= 4 is 11.3 Å². The zero-order valence-corrected chi connectivity index (χ0v) is 12.8. The molecule has 1 atom stereocenters. The molecule has 3 heteroatoms. The van der Waals surface area contributed by atoms with Crippen molar-refractivity contribution in [3.63, 3.8) is 0 Å². The number of nitriles is 1. The van der Waals surface area contributed by atoms with Crippen LogP contribution in [0.5, 0.6) is 0 Å². The molecule has 0 aliphatic rings. The van der Waals surface area contributed by atoms with Gasteiger partial charge >= 0.3 is 0 Å². The van der Waals surface area contributed by atoms with E-state index in [1.54, 1.807) is 11.3 Å². The molecular weight excluding hydrogens is 264 g/mol. The van der Waals surface area contributed by atoms with Gasteiger partial charge in [0.05, 0.1) is 12.0 Å². The van der Waals surface area contributed by atoms with E-state index in [2.05, 4.69) is 42.7 Å². The Balaban J connectivity index is 1.91. The van der Waals surface area contributed by atoms with Gasteiger partial charge in [-0.15, -0.1) is 11.3 Å². The molecular formula is C17H20N2S. The Labute approximate surface area is 125 Å². The maximum Gasteiger partial charge on any atom is 0.0837 e. The largest absolute Gasteiger partial charge is 0.314 e. The predicted molar refractivity (Wildman–Crippen MR) is 85.0 cm³/mol. The summed E-state index contributed by atoms with van der Waals surface area (Å²) >= 11 is 1.79. The molecule has 0 bridgehead atoms. The first-order valence-electron chi connectivity index (χ1n) is 6.83. The normalized spacial score (nSPS) is 12.8. The van der Waals surface area contributed by atoms with Crippen LogP contribution < -0.4 is 5.32 Å². The molecule has 0 aliphatic heterocycles. The maximum absolute atomic E-state index is 9.30. The fourth-order valence-electron chi connectivity index (χ4n) is 2.20. The minimum absolute atomic E-state index is 0.0877. The van der Waals surface area contributed by atoms with Gasteiger partial charge in [0, 0.05) is 23.4 Å². The fraction of sp³-hybridized carbons (Fsp3) is 0.353. The number of hydrogen-bond donors (Lipinski definition) is 1. The predicted octanol–water partition coefficient (Wildman–Crippen LogP) is 3.92. The Bertz CT molecular complexity index is 552. The second-order valence-corrected chi connectivity index (χ2v) is 6.53. The summed E-state index contributed by atoms with van der Waals surface area (Å²) in [5.74, 6) is -0.0877. The third kappa shape index (κ3) is 3.69. The molecule has 1 aromatic carbocycles. The smallest absolute Gasteiger partial charge is 0.0837 e. The lowest BCUT2D eigenvalue weighted by Gasteiger charge is -2.24. The molecule has 2 nitrogen and oxygen atoms in total. The highest BCUT2D eigenvalue weighted by Crippen LogP contribution is 2.26. The summed E-state index contributed by atoms with van der Waals surface area (Å²) in [6.07, 6.45) is 0. The van der Waals surface area contributed by atoms with Crippen LogP contribution in [0.2, 0.25) is 0 Å². The van der Waals surface area contributed by atoms with Crippen LogP contribution in [0.4, 0.5) is 0 Å². The number of thiophene rings is 1. The molecule has 1 unspecified atom stereocenters. The van der Waals surface area contributed by atoms with Gasteiger partial charge in [-0.05, 0) is 17.0 Å². The quantitative estimate of drug-likeness (QED) is 0.872. The molecule has 0 amide bonds. The summed E-state index contributed by atoms with van der Waals surface area (Å²) in [5, 5.41) is 14.9. The lowest BCUT2D eigenvalue weighted by molar-refractivity contribution is 0.473. The van der Waals surface area contributed by atoms with E-state index in [0.29, 0.717) is 6.54 Å². The van der Waals surface area contributed by atoms with E-state index >= 15 is 0 Å². The number of nitrogens with zero attached hydrogens (tertiary/aromatic N) is 1. The molecule has 1 aromatic heterocycles. The van der Waals surface area contributed by atoms with E-state index in [-0.39, 0.29) is 11.3 Å². The summed E-state index contributed by atoms with van der Waals surface area (Å²) in [6.45, 7) is 6.03. The monoisotopic (exact) mass is 284 g/mol. The highest BCUT2D eigenvalue weighted by Gasteiger charge is 2.21. The standard InChI is InChI=1S/C17H20N2S/c1-17(2,16-9-6-10-20-16)13-19-12-15(11-18)14-7-4-3-5-8-14/h3-10,15,19H,12-13H2,1-2H3. The van der Waals surface area contributed by atoms with Gasteiger partial charge in [-0.25, -0.2) is 0 Å². The minimum Gasteiger partial charge on any atom is -0.314 e. The van der Waals surface area contributed by atoms with Crippen LogP contribution in [-0.4, -0.2) is 13.1 Å². The first-order valence-corrected chi connectivity index (χ1v) is 7.71. The molecule has 0 spiro atoms. The molecule has 0 saturated heterocycles. The van der Waals surface area contributed by atoms with E-state index in [0.717, 1.165) is 12.1 Å². The zero-order valence-electron chi connectivity index (χ0n) is 12.0. The SMILES string of the molecule is CC(C)(CNCC(C#N)c1ccccc1)c1cccs1. The number of benzene rings is 1. The van der Waals surface area contributed by atoms with Crippen molar-refractivity contribution in [2.75, 3.05) is 13.1 Å². The lowest BCUT2D eigenvalue weighted by atomic mass is 9.91. The average molecular weight is 284 g/mol. The van der Waals surface area contributed by atoms with Crippen molar-refractivity contribution < 1.29 is 0 Å². The van der Waals surface area contributed by atoms with Crippen molar-refractivity contribution in [3.05, 3.63) is 58.3 Å². The first-order chi connectivity index (χ1) is 9.63. The molecule has 2 rings (SSSR count). The number of rotatable bonds is 6. The minimum atomic E-state index is -0.0877. The fourth-order valence-corrected chi connectivity index (χ4v) is 3.06. The van der Waals surface area contributed by atoms with E-state index in [1.165, 1.54) is 4.88 Å². The summed E-state index contributed by atoms with van der Waals surface area (Å²) < 4.78 is 0. The summed E-state index contributed by atoms with van der Waals surface area (Å²) in [4.78, 5) is 1.37.